The summed E-state index contributed by atoms with van der Waals surface area (Å²) in [5.74, 6) is -0.480. The molecule has 4 amide bonds. The van der Waals surface area contributed by atoms with Crippen LogP contribution in [0.5, 0.6) is 17.2 Å². The lowest BCUT2D eigenvalue weighted by atomic mass is 9.83. The third-order valence-corrected chi connectivity index (χ3v) is 11.4. The van der Waals surface area contributed by atoms with E-state index in [9.17, 15) is 24.3 Å². The minimum atomic E-state index is -1.21. The first-order valence-electron chi connectivity index (χ1n) is 20.1. The van der Waals surface area contributed by atoms with Crippen molar-refractivity contribution in [3.8, 4) is 17.2 Å². The Hall–Kier alpha value is -5.76. The highest BCUT2D eigenvalue weighted by atomic mass is 16.7. The molecule has 2 heterocycles. The summed E-state index contributed by atoms with van der Waals surface area (Å²) < 4.78 is 28.9. The van der Waals surface area contributed by atoms with Crippen molar-refractivity contribution in [1.29, 1.82) is 0 Å². The van der Waals surface area contributed by atoms with Gasteiger partial charge in [0.2, 0.25) is 11.7 Å². The molecule has 4 aromatic carbocycles. The van der Waals surface area contributed by atoms with E-state index in [1.165, 1.54) is 14.2 Å². The molecule has 59 heavy (non-hydrogen) atoms. The predicted octanol–water partition coefficient (Wildman–Crippen LogP) is 5.43. The summed E-state index contributed by atoms with van der Waals surface area (Å²) in [5.41, 5.74) is 2.66. The number of fused-ring (bicyclic) bond motifs is 2. The highest BCUT2D eigenvalue weighted by Gasteiger charge is 2.38. The van der Waals surface area contributed by atoms with Crippen LogP contribution in [0.15, 0.2) is 97.1 Å². The van der Waals surface area contributed by atoms with Crippen molar-refractivity contribution in [2.45, 2.75) is 69.5 Å². The van der Waals surface area contributed by atoms with E-state index in [4.69, 9.17) is 23.7 Å². The third-order valence-electron chi connectivity index (χ3n) is 11.4. The Morgan fingerprint density at radius 2 is 1.46 bits per heavy atom. The summed E-state index contributed by atoms with van der Waals surface area (Å²) in [6, 6.07) is 28.0. The molecule has 13 heteroatoms. The molecular formula is C46H51N3O10. The van der Waals surface area contributed by atoms with Gasteiger partial charge in [-0.3, -0.25) is 24.1 Å². The number of hydrogen-bond donors (Lipinski definition) is 2. The summed E-state index contributed by atoms with van der Waals surface area (Å²) in [7, 11) is 2.96. The van der Waals surface area contributed by atoms with E-state index in [0.29, 0.717) is 41.3 Å². The molecule has 13 nitrogen and oxygen atoms in total. The first-order valence-corrected chi connectivity index (χ1v) is 20.1. The zero-order valence-corrected chi connectivity index (χ0v) is 33.4. The Morgan fingerprint density at radius 1 is 0.847 bits per heavy atom. The van der Waals surface area contributed by atoms with Gasteiger partial charge in [-0.05, 0) is 73.4 Å². The van der Waals surface area contributed by atoms with Crippen LogP contribution >= 0.6 is 0 Å². The second-order valence-electron chi connectivity index (χ2n) is 15.2. The largest absolute Gasteiger partial charge is 0.493 e. The average Bonchev–Trinajstić information content (AvgIpc) is 3.84. The summed E-state index contributed by atoms with van der Waals surface area (Å²) in [6.07, 6.45) is 2.29. The molecule has 310 valence electrons. The number of carbonyl (C=O) groups excluding carboxylic acids is 4. The van der Waals surface area contributed by atoms with Gasteiger partial charge in [0.05, 0.1) is 49.7 Å². The topological polar surface area (TPSA) is 153 Å². The van der Waals surface area contributed by atoms with Crippen LogP contribution < -0.4 is 19.5 Å². The lowest BCUT2D eigenvalue weighted by molar-refractivity contribution is -0.133. The molecule has 2 aliphatic heterocycles. The number of ether oxygens (including phenoxy) is 5. The minimum Gasteiger partial charge on any atom is -0.493 e. The van der Waals surface area contributed by atoms with Gasteiger partial charge in [-0.1, -0.05) is 72.8 Å². The van der Waals surface area contributed by atoms with Gasteiger partial charge in [0, 0.05) is 31.6 Å². The second-order valence-corrected chi connectivity index (χ2v) is 15.2. The molecule has 0 spiro atoms. The molecule has 0 aromatic heterocycles. The maximum atomic E-state index is 14.1. The smallest absolute Gasteiger partial charge is 0.261 e. The molecule has 0 radical (unpaired) electrons. The highest BCUT2D eigenvalue weighted by Crippen LogP contribution is 2.39. The van der Waals surface area contributed by atoms with E-state index in [-0.39, 0.29) is 68.9 Å². The number of nitrogens with one attached hydrogen (secondary N) is 1. The van der Waals surface area contributed by atoms with Crippen LogP contribution in [-0.4, -0.2) is 104 Å². The van der Waals surface area contributed by atoms with Gasteiger partial charge < -0.3 is 39.0 Å². The second kappa shape index (κ2) is 19.3. The van der Waals surface area contributed by atoms with E-state index >= 15 is 0 Å². The summed E-state index contributed by atoms with van der Waals surface area (Å²) >= 11 is 0. The van der Waals surface area contributed by atoms with E-state index in [1.54, 1.807) is 41.3 Å². The Balaban J connectivity index is 1.09. The van der Waals surface area contributed by atoms with Crippen molar-refractivity contribution in [2.75, 3.05) is 40.6 Å². The molecule has 7 rings (SSSR count). The van der Waals surface area contributed by atoms with Crippen molar-refractivity contribution < 1.29 is 48.0 Å². The molecule has 1 saturated heterocycles. The normalized spacial score (nSPS) is 19.4. The van der Waals surface area contributed by atoms with Crippen LogP contribution in [0.3, 0.4) is 0 Å². The van der Waals surface area contributed by atoms with E-state index < -0.39 is 29.9 Å². The number of aliphatic hydroxyl groups excluding tert-OH is 1. The Morgan fingerprint density at radius 3 is 2.10 bits per heavy atom. The number of amides is 4. The highest BCUT2D eigenvalue weighted by molar-refractivity contribution is 6.21. The van der Waals surface area contributed by atoms with Gasteiger partial charge in [-0.25, -0.2) is 0 Å². The number of nitrogens with zero attached hydrogens (tertiary/aromatic N) is 2. The molecule has 3 unspecified atom stereocenters. The summed E-state index contributed by atoms with van der Waals surface area (Å²) in [6.45, 7) is 0.662. The predicted molar refractivity (Wildman–Crippen MR) is 217 cm³/mol. The molecule has 1 saturated carbocycles. The minimum absolute atomic E-state index is 0.0181. The van der Waals surface area contributed by atoms with E-state index in [2.05, 4.69) is 5.32 Å². The quantitative estimate of drug-likeness (QED) is 0.125. The average molecular weight is 806 g/mol. The number of carbonyl (C=O) groups is 4. The van der Waals surface area contributed by atoms with Crippen molar-refractivity contribution in [2.24, 2.45) is 5.92 Å². The monoisotopic (exact) mass is 805 g/mol. The maximum Gasteiger partial charge on any atom is 0.261 e. The number of methoxy groups -OCH3 is 2. The summed E-state index contributed by atoms with van der Waals surface area (Å²) in [4.78, 5) is 57.1. The van der Waals surface area contributed by atoms with Crippen LogP contribution in [0, 0.1) is 5.92 Å². The lowest BCUT2D eigenvalue weighted by Gasteiger charge is -2.34. The maximum absolute atomic E-state index is 14.1. The van der Waals surface area contributed by atoms with Gasteiger partial charge in [0.25, 0.3) is 17.7 Å². The van der Waals surface area contributed by atoms with E-state index in [1.807, 2.05) is 60.7 Å². The first kappa shape index (κ1) is 41.4. The molecule has 1 aliphatic carbocycles. The number of hydrogen-bond acceptors (Lipinski definition) is 10. The SMILES string of the molecule is COc1cc(C(=O)N[C@@H](Cc2ccccc2)[C@@H](O)CN(CCC2CCC3OCOC3C2)C(=O)CCN2C(=O)c3ccccc3C2=O)cc(OC)c1OCc1ccccc1. The van der Waals surface area contributed by atoms with Crippen LogP contribution in [0.2, 0.25) is 0 Å². The number of aliphatic hydroxyl groups is 1. The van der Waals surface area contributed by atoms with Crippen molar-refractivity contribution in [3.05, 3.63) is 125 Å². The fourth-order valence-corrected chi connectivity index (χ4v) is 8.13. The zero-order chi connectivity index (χ0) is 41.3. The Bertz CT molecular complexity index is 2040. The van der Waals surface area contributed by atoms with Gasteiger partial charge in [0.15, 0.2) is 11.5 Å². The number of rotatable bonds is 18. The molecule has 5 atom stereocenters. The zero-order valence-electron chi connectivity index (χ0n) is 33.4. The van der Waals surface area contributed by atoms with Gasteiger partial charge >= 0.3 is 0 Å². The molecule has 4 aromatic rings. The lowest BCUT2D eigenvalue weighted by Crippen LogP contribution is -2.51. The van der Waals surface area contributed by atoms with Crippen LogP contribution in [0.25, 0.3) is 0 Å². The Labute approximate surface area is 344 Å². The van der Waals surface area contributed by atoms with E-state index in [0.717, 1.165) is 35.3 Å². The molecule has 0 bridgehead atoms. The van der Waals surface area contributed by atoms with Crippen molar-refractivity contribution in [1.82, 2.24) is 15.1 Å². The fraction of sp³-hybridized carbons (Fsp3) is 0.391. The standard InChI is InChI=1S/C46H51N3O10/c1-55-40-25-33(26-41(56-2)43(40)57-28-32-13-7-4-8-14-32)44(52)47-36(23-30-11-5-3-6-12-30)37(50)27-48(21-19-31-17-18-38-39(24-31)59-29-58-38)42(51)20-22-49-45(53)34-15-9-10-16-35(34)46(49)54/h3-16,25-26,31,36-39,50H,17-24,27-29H2,1-2H3,(H,47,52)/t31?,36-,37-,38?,39?/m0/s1. The first-order chi connectivity index (χ1) is 28.7. The van der Waals surface area contributed by atoms with Crippen LogP contribution in [0.4, 0.5) is 0 Å². The van der Waals surface area contributed by atoms with Gasteiger partial charge in [-0.2, -0.15) is 0 Å². The van der Waals surface area contributed by atoms with Crippen molar-refractivity contribution >= 4 is 23.6 Å². The van der Waals surface area contributed by atoms with Crippen molar-refractivity contribution in [3.63, 3.8) is 0 Å². The number of imide groups is 1. The van der Waals surface area contributed by atoms with Crippen LogP contribution in [-0.2, 0) is 27.3 Å². The van der Waals surface area contributed by atoms with Crippen LogP contribution in [0.1, 0.15) is 74.3 Å². The molecule has 2 fully saturated rings. The molecule has 3 aliphatic rings. The number of benzene rings is 4. The van der Waals surface area contributed by atoms with Gasteiger partial charge in [-0.15, -0.1) is 0 Å². The Kier molecular flexibility index (Phi) is 13.6. The fourth-order valence-electron chi connectivity index (χ4n) is 8.13. The summed E-state index contributed by atoms with van der Waals surface area (Å²) in [5, 5.41) is 15.0. The van der Waals surface area contributed by atoms with Gasteiger partial charge in [0.1, 0.15) is 13.4 Å². The molecular weight excluding hydrogens is 755 g/mol. The molecule has 2 N–H and O–H groups in total. The third kappa shape index (κ3) is 9.93.